The maximum Gasteiger partial charge on any atom is 0.416 e. The first-order valence-electron chi connectivity index (χ1n) is 11.2. The number of hydrogen-bond acceptors (Lipinski definition) is 7. The summed E-state index contributed by atoms with van der Waals surface area (Å²) in [6.07, 6.45) is -4.28. The van der Waals surface area contributed by atoms with Crippen molar-refractivity contribution in [1.82, 2.24) is 4.98 Å². The average molecular weight is 524 g/mol. The number of alkyl halides is 3. The Bertz CT molecular complexity index is 1230. The SMILES string of the molecule is CC(OC(=O)C1CC1)OC(COc1ccc(Cc2sc(=O)[nH]c2O)cc1)c1ccc(C(F)(F)F)cc1. The zero-order valence-electron chi connectivity index (χ0n) is 19.2. The molecule has 0 amide bonds. The third-order valence-electron chi connectivity index (χ3n) is 5.55. The van der Waals surface area contributed by atoms with Crippen LogP contribution in [0.1, 0.15) is 47.4 Å². The minimum Gasteiger partial charge on any atom is -0.494 e. The number of halogens is 3. The maximum atomic E-state index is 13.0. The van der Waals surface area contributed by atoms with Gasteiger partial charge in [-0.05, 0) is 55.2 Å². The molecule has 2 N–H and O–H groups in total. The van der Waals surface area contributed by atoms with Gasteiger partial charge in [0.05, 0.1) is 16.4 Å². The highest BCUT2D eigenvalue weighted by Gasteiger charge is 2.33. The van der Waals surface area contributed by atoms with Crippen LogP contribution in [0.3, 0.4) is 0 Å². The Hall–Kier alpha value is -3.31. The third kappa shape index (κ3) is 6.88. The number of benzene rings is 2. The molecule has 0 radical (unpaired) electrons. The van der Waals surface area contributed by atoms with E-state index in [-0.39, 0.29) is 29.2 Å². The molecule has 0 spiro atoms. The molecule has 1 saturated carbocycles. The molecular formula is C25H24F3NO6S. The van der Waals surface area contributed by atoms with Gasteiger partial charge in [-0.2, -0.15) is 13.2 Å². The average Bonchev–Trinajstić information content (AvgIpc) is 3.62. The summed E-state index contributed by atoms with van der Waals surface area (Å²) >= 11 is 0.928. The zero-order valence-corrected chi connectivity index (χ0v) is 20.0. The number of rotatable bonds is 10. The Balaban J connectivity index is 1.42. The van der Waals surface area contributed by atoms with Crippen molar-refractivity contribution in [3.8, 4) is 11.6 Å². The fourth-order valence-corrected chi connectivity index (χ4v) is 4.23. The molecule has 1 aromatic heterocycles. The van der Waals surface area contributed by atoms with Crippen molar-refractivity contribution >= 4 is 17.3 Å². The summed E-state index contributed by atoms with van der Waals surface area (Å²) in [7, 11) is 0. The summed E-state index contributed by atoms with van der Waals surface area (Å²) in [4.78, 5) is 25.8. The van der Waals surface area contributed by atoms with E-state index in [0.717, 1.165) is 41.9 Å². The molecule has 192 valence electrons. The lowest BCUT2D eigenvalue weighted by atomic mass is 10.1. The smallest absolute Gasteiger partial charge is 0.416 e. The second-order valence-electron chi connectivity index (χ2n) is 8.44. The van der Waals surface area contributed by atoms with E-state index in [9.17, 15) is 27.9 Å². The minimum atomic E-state index is -4.46. The summed E-state index contributed by atoms with van der Waals surface area (Å²) in [5.74, 6) is -0.153. The van der Waals surface area contributed by atoms with Crippen LogP contribution in [0, 0.1) is 5.92 Å². The Kier molecular flexibility index (Phi) is 7.70. The standard InChI is InChI=1S/C25H24F3NO6S/c1-14(35-23(31)17-4-5-17)34-20(16-6-8-18(9-7-16)25(26,27)28)13-33-19-10-2-15(3-11-19)12-21-22(30)29-24(32)36-21/h2-3,6-11,14,17,20,30H,4-5,12-13H2,1H3,(H,29,32). The number of carbonyl (C=O) groups is 1. The van der Waals surface area contributed by atoms with E-state index in [1.54, 1.807) is 31.2 Å². The molecule has 2 atom stereocenters. The first-order chi connectivity index (χ1) is 17.1. The van der Waals surface area contributed by atoms with Crippen LogP contribution in [0.4, 0.5) is 13.2 Å². The molecule has 1 heterocycles. The van der Waals surface area contributed by atoms with Crippen LogP contribution < -0.4 is 9.61 Å². The number of esters is 1. The van der Waals surface area contributed by atoms with Crippen molar-refractivity contribution in [3.05, 3.63) is 79.8 Å². The monoisotopic (exact) mass is 523 g/mol. The topological polar surface area (TPSA) is 97.9 Å². The molecule has 4 rings (SSSR count). The van der Waals surface area contributed by atoms with Crippen LogP contribution in [-0.4, -0.2) is 29.0 Å². The number of aromatic nitrogens is 1. The van der Waals surface area contributed by atoms with Crippen LogP contribution >= 0.6 is 11.3 Å². The number of aromatic hydroxyl groups is 1. The summed E-state index contributed by atoms with van der Waals surface area (Å²) in [6.45, 7) is 1.51. The Labute approximate surface area is 208 Å². The zero-order chi connectivity index (χ0) is 25.9. The van der Waals surface area contributed by atoms with Gasteiger partial charge in [0.25, 0.3) is 0 Å². The van der Waals surface area contributed by atoms with Gasteiger partial charge in [0.2, 0.25) is 12.2 Å². The van der Waals surface area contributed by atoms with Crippen molar-refractivity contribution in [2.24, 2.45) is 5.92 Å². The largest absolute Gasteiger partial charge is 0.494 e. The molecule has 11 heteroatoms. The van der Waals surface area contributed by atoms with Crippen molar-refractivity contribution in [2.75, 3.05) is 6.61 Å². The molecule has 3 aromatic rings. The van der Waals surface area contributed by atoms with Crippen molar-refractivity contribution in [2.45, 2.75) is 44.8 Å². The molecule has 2 aromatic carbocycles. The quantitative estimate of drug-likeness (QED) is 0.281. The predicted octanol–water partition coefficient (Wildman–Crippen LogP) is 5.19. The highest BCUT2D eigenvalue weighted by Crippen LogP contribution is 2.33. The van der Waals surface area contributed by atoms with E-state index < -0.39 is 24.1 Å². The molecule has 2 unspecified atom stereocenters. The van der Waals surface area contributed by atoms with Gasteiger partial charge < -0.3 is 19.3 Å². The first-order valence-corrected chi connectivity index (χ1v) is 12.1. The first kappa shape index (κ1) is 25.8. The Morgan fingerprint density at radius 3 is 2.36 bits per heavy atom. The van der Waals surface area contributed by atoms with Crippen molar-refractivity contribution in [1.29, 1.82) is 0 Å². The van der Waals surface area contributed by atoms with Crippen LogP contribution in [0.5, 0.6) is 11.6 Å². The predicted molar refractivity (Wildman–Crippen MR) is 125 cm³/mol. The molecule has 0 bridgehead atoms. The second-order valence-corrected chi connectivity index (χ2v) is 9.51. The number of nitrogens with one attached hydrogen (secondary N) is 1. The number of thiazole rings is 1. The summed E-state index contributed by atoms with van der Waals surface area (Å²) in [5, 5.41) is 9.75. The molecule has 36 heavy (non-hydrogen) atoms. The third-order valence-corrected chi connectivity index (χ3v) is 6.42. The van der Waals surface area contributed by atoms with Crippen molar-refractivity contribution in [3.63, 3.8) is 0 Å². The van der Waals surface area contributed by atoms with Gasteiger partial charge in [-0.1, -0.05) is 35.6 Å². The lowest BCUT2D eigenvalue weighted by Gasteiger charge is -2.23. The van der Waals surface area contributed by atoms with E-state index in [4.69, 9.17) is 14.2 Å². The number of aromatic amines is 1. The summed E-state index contributed by atoms with van der Waals surface area (Å²) in [5.41, 5.74) is 0.490. The highest BCUT2D eigenvalue weighted by molar-refractivity contribution is 7.09. The normalized spacial score (nSPS) is 15.3. The lowest BCUT2D eigenvalue weighted by molar-refractivity contribution is -0.190. The van der Waals surface area contributed by atoms with Crippen molar-refractivity contribution < 1.29 is 37.3 Å². The van der Waals surface area contributed by atoms with Gasteiger partial charge in [-0.3, -0.25) is 14.6 Å². The van der Waals surface area contributed by atoms with Crippen LogP contribution in [-0.2, 0) is 26.9 Å². The molecule has 0 saturated heterocycles. The van der Waals surface area contributed by atoms with Gasteiger partial charge in [-0.25, -0.2) is 0 Å². The molecular weight excluding hydrogens is 499 g/mol. The van der Waals surface area contributed by atoms with E-state index in [0.29, 0.717) is 22.6 Å². The van der Waals surface area contributed by atoms with Gasteiger partial charge in [0.15, 0.2) is 0 Å². The van der Waals surface area contributed by atoms with E-state index in [2.05, 4.69) is 4.98 Å². The number of carbonyl (C=O) groups excluding carboxylic acids is 1. The van der Waals surface area contributed by atoms with E-state index in [1.165, 1.54) is 12.1 Å². The maximum absolute atomic E-state index is 13.0. The number of ether oxygens (including phenoxy) is 3. The lowest BCUT2D eigenvalue weighted by Crippen LogP contribution is -2.24. The Morgan fingerprint density at radius 2 is 1.81 bits per heavy atom. The van der Waals surface area contributed by atoms with Gasteiger partial charge >= 0.3 is 17.0 Å². The van der Waals surface area contributed by atoms with E-state index in [1.807, 2.05) is 0 Å². The van der Waals surface area contributed by atoms with Crippen LogP contribution in [0.25, 0.3) is 0 Å². The van der Waals surface area contributed by atoms with Gasteiger partial charge in [0.1, 0.15) is 18.5 Å². The molecule has 1 fully saturated rings. The van der Waals surface area contributed by atoms with Gasteiger partial charge in [-0.15, -0.1) is 0 Å². The summed E-state index contributed by atoms with van der Waals surface area (Å²) in [6, 6.07) is 11.5. The second kappa shape index (κ2) is 10.8. The Morgan fingerprint density at radius 1 is 1.14 bits per heavy atom. The molecule has 0 aliphatic heterocycles. The van der Waals surface area contributed by atoms with E-state index >= 15 is 0 Å². The minimum absolute atomic E-state index is 0.0454. The van der Waals surface area contributed by atoms with Gasteiger partial charge in [0, 0.05) is 6.42 Å². The molecule has 7 nitrogen and oxygen atoms in total. The molecule has 1 aliphatic carbocycles. The van der Waals surface area contributed by atoms with Crippen LogP contribution in [0.15, 0.2) is 53.3 Å². The molecule has 1 aliphatic rings. The fourth-order valence-electron chi connectivity index (χ4n) is 3.47. The fraction of sp³-hybridized carbons (Fsp3) is 0.360. The number of hydrogen-bond donors (Lipinski definition) is 2. The number of H-pyrrole nitrogens is 1. The highest BCUT2D eigenvalue weighted by atomic mass is 32.1. The van der Waals surface area contributed by atoms with Crippen LogP contribution in [0.2, 0.25) is 0 Å². The summed E-state index contributed by atoms with van der Waals surface area (Å²) < 4.78 is 55.9.